The molecule has 1 aliphatic rings. The minimum atomic E-state index is 0.316. The Bertz CT molecular complexity index is 639. The van der Waals surface area contributed by atoms with Gasteiger partial charge in [0.15, 0.2) is 11.5 Å². The summed E-state index contributed by atoms with van der Waals surface area (Å²) in [7, 11) is 1.97. The summed E-state index contributed by atoms with van der Waals surface area (Å²) in [6, 6.07) is 6.39. The van der Waals surface area contributed by atoms with Crippen molar-refractivity contribution in [1.82, 2.24) is 10.3 Å². The van der Waals surface area contributed by atoms with E-state index in [9.17, 15) is 0 Å². The highest BCUT2D eigenvalue weighted by atomic mass is 32.1. The smallest absolute Gasteiger partial charge is 0.161 e. The minimum Gasteiger partial charge on any atom is -0.490 e. The summed E-state index contributed by atoms with van der Waals surface area (Å²) in [6.45, 7) is 5.63. The SMILES string of the molecule is CNC(C)c1sc(-c2ccc3c(c2)OCCCO3)nc1C. The summed E-state index contributed by atoms with van der Waals surface area (Å²) in [5.74, 6) is 1.65. The van der Waals surface area contributed by atoms with Crippen LogP contribution in [0.15, 0.2) is 18.2 Å². The molecule has 1 unspecified atom stereocenters. The maximum Gasteiger partial charge on any atom is 0.161 e. The monoisotopic (exact) mass is 304 g/mol. The van der Waals surface area contributed by atoms with Gasteiger partial charge in [0.25, 0.3) is 0 Å². The van der Waals surface area contributed by atoms with Gasteiger partial charge in [-0.1, -0.05) is 0 Å². The van der Waals surface area contributed by atoms with Crippen LogP contribution in [0.1, 0.15) is 30.0 Å². The largest absolute Gasteiger partial charge is 0.490 e. The van der Waals surface area contributed by atoms with E-state index < -0.39 is 0 Å². The van der Waals surface area contributed by atoms with Crippen LogP contribution in [0.3, 0.4) is 0 Å². The molecule has 1 aromatic carbocycles. The number of rotatable bonds is 3. The Hall–Kier alpha value is -1.59. The molecule has 0 fully saturated rings. The van der Waals surface area contributed by atoms with Crippen molar-refractivity contribution in [2.24, 2.45) is 0 Å². The molecule has 5 heteroatoms. The zero-order chi connectivity index (χ0) is 14.8. The van der Waals surface area contributed by atoms with Crippen LogP contribution >= 0.6 is 11.3 Å². The number of benzene rings is 1. The Morgan fingerprint density at radius 1 is 1.24 bits per heavy atom. The van der Waals surface area contributed by atoms with Crippen LogP contribution < -0.4 is 14.8 Å². The third-order valence-electron chi connectivity index (χ3n) is 3.65. The fourth-order valence-corrected chi connectivity index (χ4v) is 3.48. The van der Waals surface area contributed by atoms with E-state index >= 15 is 0 Å². The molecule has 0 bridgehead atoms. The molecule has 3 rings (SSSR count). The van der Waals surface area contributed by atoms with E-state index in [1.165, 1.54) is 4.88 Å². The van der Waals surface area contributed by atoms with Crippen molar-refractivity contribution in [2.75, 3.05) is 20.3 Å². The quantitative estimate of drug-likeness (QED) is 0.941. The Labute approximate surface area is 129 Å². The van der Waals surface area contributed by atoms with E-state index in [-0.39, 0.29) is 0 Å². The zero-order valence-corrected chi connectivity index (χ0v) is 13.4. The van der Waals surface area contributed by atoms with Gasteiger partial charge >= 0.3 is 0 Å². The van der Waals surface area contributed by atoms with Gasteiger partial charge in [0.05, 0.1) is 18.9 Å². The molecule has 2 aromatic rings. The Morgan fingerprint density at radius 2 is 2.00 bits per heavy atom. The number of aryl methyl sites for hydroxylation is 1. The number of aromatic nitrogens is 1. The van der Waals surface area contributed by atoms with Crippen molar-refractivity contribution < 1.29 is 9.47 Å². The third-order valence-corrected chi connectivity index (χ3v) is 5.04. The van der Waals surface area contributed by atoms with Crippen molar-refractivity contribution in [3.8, 4) is 22.1 Å². The summed E-state index contributed by atoms with van der Waals surface area (Å²) in [5.41, 5.74) is 2.17. The van der Waals surface area contributed by atoms with Gasteiger partial charge in [0, 0.05) is 22.9 Å². The third kappa shape index (κ3) is 2.89. The summed E-state index contributed by atoms with van der Waals surface area (Å²) in [4.78, 5) is 5.98. The molecule has 21 heavy (non-hydrogen) atoms. The number of nitrogens with zero attached hydrogens (tertiary/aromatic N) is 1. The van der Waals surface area contributed by atoms with E-state index in [1.807, 2.05) is 19.2 Å². The van der Waals surface area contributed by atoms with Crippen LogP contribution in [0.25, 0.3) is 10.6 Å². The molecule has 0 amide bonds. The van der Waals surface area contributed by atoms with Crippen molar-refractivity contribution in [3.05, 3.63) is 28.8 Å². The first-order valence-electron chi connectivity index (χ1n) is 7.23. The molecule has 0 aliphatic carbocycles. The van der Waals surface area contributed by atoms with E-state index in [0.717, 1.165) is 34.2 Å². The summed E-state index contributed by atoms with van der Waals surface area (Å²) < 4.78 is 11.4. The average Bonchev–Trinajstić information content (AvgIpc) is 2.74. The van der Waals surface area contributed by atoms with Crippen LogP contribution in [0.4, 0.5) is 0 Å². The molecular formula is C16H20N2O2S. The van der Waals surface area contributed by atoms with E-state index in [4.69, 9.17) is 14.5 Å². The van der Waals surface area contributed by atoms with Crippen molar-refractivity contribution in [2.45, 2.75) is 26.3 Å². The van der Waals surface area contributed by atoms with Gasteiger partial charge in [0.1, 0.15) is 5.01 Å². The summed E-state index contributed by atoms with van der Waals surface area (Å²) in [5, 5.41) is 4.30. The molecule has 112 valence electrons. The van der Waals surface area contributed by atoms with E-state index in [2.05, 4.69) is 25.2 Å². The predicted octanol–water partition coefficient (Wildman–Crippen LogP) is 3.56. The first kappa shape index (κ1) is 14.4. The second kappa shape index (κ2) is 6.03. The lowest BCUT2D eigenvalue weighted by Gasteiger charge is -2.08. The minimum absolute atomic E-state index is 0.316. The maximum absolute atomic E-state index is 5.76. The first-order chi connectivity index (χ1) is 10.2. The Balaban J connectivity index is 1.95. The maximum atomic E-state index is 5.76. The van der Waals surface area contributed by atoms with Crippen LogP contribution in [-0.4, -0.2) is 25.2 Å². The zero-order valence-electron chi connectivity index (χ0n) is 12.6. The lowest BCUT2D eigenvalue weighted by atomic mass is 10.2. The number of ether oxygens (including phenoxy) is 2. The molecular weight excluding hydrogens is 284 g/mol. The first-order valence-corrected chi connectivity index (χ1v) is 8.05. The lowest BCUT2D eigenvalue weighted by molar-refractivity contribution is 0.297. The van der Waals surface area contributed by atoms with Gasteiger partial charge < -0.3 is 14.8 Å². The fourth-order valence-electron chi connectivity index (χ4n) is 2.36. The highest BCUT2D eigenvalue weighted by Gasteiger charge is 2.16. The standard InChI is InChI=1S/C16H20N2O2S/c1-10(17-3)15-11(2)18-16(21-15)12-5-6-13-14(9-12)20-8-4-7-19-13/h5-6,9-10,17H,4,7-8H2,1-3H3. The highest BCUT2D eigenvalue weighted by molar-refractivity contribution is 7.15. The number of hydrogen-bond acceptors (Lipinski definition) is 5. The van der Waals surface area contributed by atoms with Gasteiger partial charge in [-0.15, -0.1) is 11.3 Å². The topological polar surface area (TPSA) is 43.4 Å². The number of nitrogens with one attached hydrogen (secondary N) is 1. The van der Waals surface area contributed by atoms with Crippen LogP contribution in [-0.2, 0) is 0 Å². The number of hydrogen-bond donors (Lipinski definition) is 1. The van der Waals surface area contributed by atoms with Gasteiger partial charge in [-0.2, -0.15) is 0 Å². The fraction of sp³-hybridized carbons (Fsp3) is 0.438. The van der Waals surface area contributed by atoms with Crippen LogP contribution in [0, 0.1) is 6.92 Å². The molecule has 0 saturated heterocycles. The Kier molecular flexibility index (Phi) is 4.12. The van der Waals surface area contributed by atoms with E-state index in [1.54, 1.807) is 11.3 Å². The van der Waals surface area contributed by atoms with Crippen LogP contribution in [0.2, 0.25) is 0 Å². The normalized spacial score (nSPS) is 15.6. The lowest BCUT2D eigenvalue weighted by Crippen LogP contribution is -2.11. The van der Waals surface area contributed by atoms with Crippen molar-refractivity contribution in [3.63, 3.8) is 0 Å². The predicted molar refractivity (Wildman–Crippen MR) is 85.4 cm³/mol. The van der Waals surface area contributed by atoms with Gasteiger partial charge in [0.2, 0.25) is 0 Å². The van der Waals surface area contributed by atoms with Gasteiger partial charge in [-0.05, 0) is 39.1 Å². The molecule has 1 aliphatic heterocycles. The van der Waals surface area contributed by atoms with Crippen molar-refractivity contribution >= 4 is 11.3 Å². The van der Waals surface area contributed by atoms with Crippen LogP contribution in [0.5, 0.6) is 11.5 Å². The second-order valence-corrected chi connectivity index (χ2v) is 6.22. The molecule has 2 heterocycles. The molecule has 1 atom stereocenters. The second-order valence-electron chi connectivity index (χ2n) is 5.19. The number of fused-ring (bicyclic) bond motifs is 1. The summed E-state index contributed by atoms with van der Waals surface area (Å²) >= 11 is 1.73. The molecule has 4 nitrogen and oxygen atoms in total. The highest BCUT2D eigenvalue weighted by Crippen LogP contribution is 2.37. The van der Waals surface area contributed by atoms with E-state index in [0.29, 0.717) is 19.3 Å². The molecule has 0 saturated carbocycles. The van der Waals surface area contributed by atoms with Gasteiger partial charge in [-0.25, -0.2) is 4.98 Å². The molecule has 0 radical (unpaired) electrons. The molecule has 1 N–H and O–H groups in total. The van der Waals surface area contributed by atoms with Crippen molar-refractivity contribution in [1.29, 1.82) is 0 Å². The molecule has 1 aromatic heterocycles. The number of thiazole rings is 1. The summed E-state index contributed by atoms with van der Waals surface area (Å²) in [6.07, 6.45) is 0.921. The Morgan fingerprint density at radius 3 is 2.76 bits per heavy atom. The molecule has 0 spiro atoms. The average molecular weight is 304 g/mol. The van der Waals surface area contributed by atoms with Gasteiger partial charge in [-0.3, -0.25) is 0 Å².